The molecule has 0 spiro atoms. The summed E-state index contributed by atoms with van der Waals surface area (Å²) in [7, 11) is 0. The minimum Gasteiger partial charge on any atom is -0.396 e. The molecule has 0 bridgehead atoms. The predicted octanol–water partition coefficient (Wildman–Crippen LogP) is 3.00. The van der Waals surface area contributed by atoms with Gasteiger partial charge in [-0.25, -0.2) is 0 Å². The van der Waals surface area contributed by atoms with Crippen LogP contribution in [0.5, 0.6) is 0 Å². The first-order valence-corrected chi connectivity index (χ1v) is 8.77. The second-order valence-electron chi connectivity index (χ2n) is 6.26. The summed E-state index contributed by atoms with van der Waals surface area (Å²) >= 11 is 1.70. The van der Waals surface area contributed by atoms with Gasteiger partial charge in [0.2, 0.25) is 5.91 Å². The van der Waals surface area contributed by atoms with E-state index < -0.39 is 0 Å². The largest absolute Gasteiger partial charge is 0.396 e. The molecule has 4 heteroatoms. The van der Waals surface area contributed by atoms with Crippen molar-refractivity contribution in [2.24, 2.45) is 5.92 Å². The molecule has 1 aromatic heterocycles. The third kappa shape index (κ3) is 2.92. The smallest absolute Gasteiger partial charge is 0.231 e. The number of carbonyl (C=O) groups excluding carboxylic acids is 1. The van der Waals surface area contributed by atoms with E-state index in [-0.39, 0.29) is 29.9 Å². The monoisotopic (exact) mass is 305 g/mol. The molecule has 2 atom stereocenters. The van der Waals surface area contributed by atoms with Crippen molar-refractivity contribution < 1.29 is 9.90 Å². The first kappa shape index (κ1) is 14.8. The summed E-state index contributed by atoms with van der Waals surface area (Å²) in [6.45, 7) is 0.166. The van der Waals surface area contributed by atoms with Gasteiger partial charge < -0.3 is 10.4 Å². The normalized spacial score (nSPS) is 27.7. The number of hydrogen-bond donors (Lipinski definition) is 2. The van der Waals surface area contributed by atoms with E-state index in [1.54, 1.807) is 11.3 Å². The van der Waals surface area contributed by atoms with Crippen molar-refractivity contribution in [1.82, 2.24) is 5.32 Å². The highest BCUT2D eigenvalue weighted by atomic mass is 32.1. The quantitative estimate of drug-likeness (QED) is 0.840. The van der Waals surface area contributed by atoms with Crippen LogP contribution in [0.2, 0.25) is 0 Å². The van der Waals surface area contributed by atoms with E-state index in [0.29, 0.717) is 0 Å². The molecule has 21 heavy (non-hydrogen) atoms. The maximum Gasteiger partial charge on any atom is 0.231 e. The minimum atomic E-state index is -0.322. The highest BCUT2D eigenvalue weighted by Crippen LogP contribution is 2.42. The predicted molar refractivity (Wildman–Crippen MR) is 85.3 cm³/mol. The van der Waals surface area contributed by atoms with E-state index in [1.165, 1.54) is 11.3 Å². The number of aliphatic hydroxyl groups is 1. The topological polar surface area (TPSA) is 49.3 Å². The van der Waals surface area contributed by atoms with Crippen molar-refractivity contribution in [2.45, 2.75) is 50.0 Å². The molecule has 3 nitrogen and oxygen atoms in total. The summed E-state index contributed by atoms with van der Waals surface area (Å²) in [6, 6.07) is 4.23. The Morgan fingerprint density at radius 2 is 2.14 bits per heavy atom. The van der Waals surface area contributed by atoms with Gasteiger partial charge in [0, 0.05) is 23.4 Å². The molecule has 1 saturated carbocycles. The molecule has 1 fully saturated rings. The zero-order chi connectivity index (χ0) is 14.7. The van der Waals surface area contributed by atoms with E-state index in [0.717, 1.165) is 32.1 Å². The summed E-state index contributed by atoms with van der Waals surface area (Å²) < 4.78 is 0. The summed E-state index contributed by atoms with van der Waals surface area (Å²) in [5.74, 6) is 0.372. The molecule has 2 aliphatic carbocycles. The van der Waals surface area contributed by atoms with Crippen molar-refractivity contribution in [3.63, 3.8) is 0 Å². The molecule has 2 aliphatic rings. The number of amides is 1. The van der Waals surface area contributed by atoms with Crippen LogP contribution in [0.3, 0.4) is 0 Å². The molecule has 1 aromatic rings. The number of thiophene rings is 1. The second-order valence-corrected chi connectivity index (χ2v) is 7.21. The van der Waals surface area contributed by atoms with Gasteiger partial charge in [0.05, 0.1) is 5.41 Å². The highest BCUT2D eigenvalue weighted by molar-refractivity contribution is 7.10. The van der Waals surface area contributed by atoms with E-state index in [1.807, 2.05) is 18.2 Å². The van der Waals surface area contributed by atoms with Gasteiger partial charge in [0.25, 0.3) is 0 Å². The summed E-state index contributed by atoms with van der Waals surface area (Å²) in [5.41, 5.74) is -0.322. The Bertz CT molecular complexity index is 503. The van der Waals surface area contributed by atoms with Crippen LogP contribution in [-0.4, -0.2) is 23.7 Å². The van der Waals surface area contributed by atoms with Gasteiger partial charge in [0.15, 0.2) is 0 Å². The van der Waals surface area contributed by atoms with Gasteiger partial charge >= 0.3 is 0 Å². The van der Waals surface area contributed by atoms with Crippen molar-refractivity contribution in [2.75, 3.05) is 6.61 Å². The third-order valence-electron chi connectivity index (χ3n) is 4.86. The first-order chi connectivity index (χ1) is 10.2. The Kier molecular flexibility index (Phi) is 4.45. The van der Waals surface area contributed by atoms with E-state index in [4.69, 9.17) is 0 Å². The molecule has 1 amide bonds. The van der Waals surface area contributed by atoms with E-state index >= 15 is 0 Å². The Hall–Kier alpha value is -1.13. The lowest BCUT2D eigenvalue weighted by Crippen LogP contribution is -2.48. The Labute approximate surface area is 130 Å². The zero-order valence-electron chi connectivity index (χ0n) is 12.3. The molecule has 0 unspecified atom stereocenters. The number of hydrogen-bond acceptors (Lipinski definition) is 3. The van der Waals surface area contributed by atoms with Crippen molar-refractivity contribution >= 4 is 17.2 Å². The Morgan fingerprint density at radius 3 is 2.76 bits per heavy atom. The van der Waals surface area contributed by atoms with Gasteiger partial charge in [-0.3, -0.25) is 4.79 Å². The van der Waals surface area contributed by atoms with Crippen LogP contribution in [0, 0.1) is 5.92 Å². The number of aliphatic hydroxyl groups excluding tert-OH is 1. The molecule has 0 aromatic carbocycles. The van der Waals surface area contributed by atoms with Crippen LogP contribution in [0.1, 0.15) is 43.4 Å². The number of carbonyl (C=O) groups is 1. The SMILES string of the molecule is O=C(N[C@@H]1C=C[C@H](CO)C1)C1(c2cccs2)CCCCC1. The second kappa shape index (κ2) is 6.32. The summed E-state index contributed by atoms with van der Waals surface area (Å²) in [6.07, 6.45) is 10.3. The van der Waals surface area contributed by atoms with Gasteiger partial charge in [-0.15, -0.1) is 11.3 Å². The first-order valence-electron chi connectivity index (χ1n) is 7.89. The van der Waals surface area contributed by atoms with Crippen LogP contribution in [0.4, 0.5) is 0 Å². The van der Waals surface area contributed by atoms with Gasteiger partial charge in [0.1, 0.15) is 0 Å². The number of nitrogens with one attached hydrogen (secondary N) is 1. The van der Waals surface area contributed by atoms with Gasteiger partial charge in [-0.05, 0) is 30.7 Å². The van der Waals surface area contributed by atoms with Crippen LogP contribution in [-0.2, 0) is 10.2 Å². The standard InChI is InChI=1S/C17H23NO2S/c19-12-13-6-7-14(11-13)18-16(20)17(8-2-1-3-9-17)15-5-4-10-21-15/h4-7,10,13-14,19H,1-3,8-9,11-12H2,(H,18,20)/t13-,14+/m0/s1. The zero-order valence-corrected chi connectivity index (χ0v) is 13.1. The number of rotatable bonds is 4. The molecule has 114 valence electrons. The van der Waals surface area contributed by atoms with Crippen LogP contribution < -0.4 is 5.32 Å². The van der Waals surface area contributed by atoms with Crippen molar-refractivity contribution in [3.05, 3.63) is 34.5 Å². The average Bonchev–Trinajstić information content (AvgIpc) is 3.19. The lowest BCUT2D eigenvalue weighted by atomic mass is 9.72. The fraction of sp³-hybridized carbons (Fsp3) is 0.588. The lowest BCUT2D eigenvalue weighted by Gasteiger charge is -2.36. The fourth-order valence-electron chi connectivity index (χ4n) is 3.62. The van der Waals surface area contributed by atoms with Crippen LogP contribution in [0.25, 0.3) is 0 Å². The maximum atomic E-state index is 13.0. The highest BCUT2D eigenvalue weighted by Gasteiger charge is 2.42. The van der Waals surface area contributed by atoms with E-state index in [9.17, 15) is 9.90 Å². The Morgan fingerprint density at radius 1 is 1.33 bits per heavy atom. The summed E-state index contributed by atoms with van der Waals surface area (Å²) in [4.78, 5) is 14.2. The lowest BCUT2D eigenvalue weighted by molar-refractivity contribution is -0.128. The molecule has 1 heterocycles. The minimum absolute atomic E-state index is 0.0772. The molecule has 3 rings (SSSR count). The third-order valence-corrected chi connectivity index (χ3v) is 5.93. The van der Waals surface area contributed by atoms with Gasteiger partial charge in [-0.2, -0.15) is 0 Å². The molecule has 2 N–H and O–H groups in total. The van der Waals surface area contributed by atoms with Crippen LogP contribution >= 0.6 is 11.3 Å². The summed E-state index contributed by atoms with van der Waals surface area (Å²) in [5, 5.41) is 14.5. The Balaban J connectivity index is 1.75. The van der Waals surface area contributed by atoms with Crippen molar-refractivity contribution in [1.29, 1.82) is 0 Å². The molecule has 0 aliphatic heterocycles. The molecule has 0 radical (unpaired) electrons. The molecular weight excluding hydrogens is 282 g/mol. The maximum absolute atomic E-state index is 13.0. The van der Waals surface area contributed by atoms with Gasteiger partial charge in [-0.1, -0.05) is 37.5 Å². The van der Waals surface area contributed by atoms with Crippen molar-refractivity contribution in [3.8, 4) is 0 Å². The van der Waals surface area contributed by atoms with E-state index in [2.05, 4.69) is 16.8 Å². The average molecular weight is 305 g/mol. The molecular formula is C17H23NO2S. The van der Waals surface area contributed by atoms with Crippen LogP contribution in [0.15, 0.2) is 29.7 Å². The fourth-order valence-corrected chi connectivity index (χ4v) is 4.60. The molecule has 0 saturated heterocycles.